The van der Waals surface area contributed by atoms with Crippen LogP contribution in [-0.2, 0) is 11.2 Å². The highest BCUT2D eigenvalue weighted by Gasteiger charge is 2.36. The number of carbonyl (C=O) groups is 1. The Morgan fingerprint density at radius 3 is 2.79 bits per heavy atom. The number of nitrogens with one attached hydrogen (secondary N) is 2. The van der Waals surface area contributed by atoms with Gasteiger partial charge in [0.1, 0.15) is 11.6 Å². The predicted molar refractivity (Wildman–Crippen MR) is 97.2 cm³/mol. The van der Waals surface area contributed by atoms with Crippen molar-refractivity contribution in [3.8, 4) is 0 Å². The van der Waals surface area contributed by atoms with Gasteiger partial charge in [-0.15, -0.1) is 0 Å². The highest BCUT2D eigenvalue weighted by Crippen LogP contribution is 2.30. The topological polar surface area (TPSA) is 70.2 Å². The number of aromatic nitrogens is 2. The number of nitrogens with zero attached hydrogens (tertiary/aromatic N) is 3. The molecule has 0 aliphatic carbocycles. The normalized spacial score (nSPS) is 20.7. The molecule has 1 aliphatic heterocycles. The van der Waals surface area contributed by atoms with E-state index in [4.69, 9.17) is 4.98 Å². The maximum atomic E-state index is 12.0. The van der Waals surface area contributed by atoms with Gasteiger partial charge in [-0.1, -0.05) is 27.2 Å². The summed E-state index contributed by atoms with van der Waals surface area (Å²) in [5, 5.41) is 6.11. The quantitative estimate of drug-likeness (QED) is 0.792. The van der Waals surface area contributed by atoms with Crippen molar-refractivity contribution in [3.05, 3.63) is 17.6 Å². The first-order valence-corrected chi connectivity index (χ1v) is 8.97. The lowest BCUT2D eigenvalue weighted by Crippen LogP contribution is -2.45. The molecular weight excluding hydrogens is 302 g/mol. The Balaban J connectivity index is 2.20. The number of anilines is 1. The Labute approximate surface area is 145 Å². The molecule has 0 spiro atoms. The first-order valence-electron chi connectivity index (χ1n) is 8.97. The van der Waals surface area contributed by atoms with Gasteiger partial charge in [-0.2, -0.15) is 0 Å². The minimum Gasteiger partial charge on any atom is -0.354 e. The lowest BCUT2D eigenvalue weighted by molar-refractivity contribution is -0.121. The Bertz CT molecular complexity index is 560. The second-order valence-electron chi connectivity index (χ2n) is 7.03. The van der Waals surface area contributed by atoms with E-state index in [-0.39, 0.29) is 11.9 Å². The van der Waals surface area contributed by atoms with E-state index in [2.05, 4.69) is 41.3 Å². The number of hydrogen-bond donors (Lipinski definition) is 2. The summed E-state index contributed by atoms with van der Waals surface area (Å²) >= 11 is 0. The van der Waals surface area contributed by atoms with Crippen LogP contribution in [0.3, 0.4) is 0 Å². The molecule has 0 unspecified atom stereocenters. The third kappa shape index (κ3) is 4.44. The van der Waals surface area contributed by atoms with E-state index in [0.29, 0.717) is 18.4 Å². The summed E-state index contributed by atoms with van der Waals surface area (Å²) in [6.07, 6.45) is 4.01. The molecule has 24 heavy (non-hydrogen) atoms. The summed E-state index contributed by atoms with van der Waals surface area (Å²) in [6.45, 7) is 10.6. The second-order valence-corrected chi connectivity index (χ2v) is 7.03. The minimum atomic E-state index is 0.0580. The number of likely N-dealkylation sites (N-methyl/N-ethyl adjacent to an activating group) is 1. The van der Waals surface area contributed by atoms with Crippen molar-refractivity contribution in [1.29, 1.82) is 0 Å². The number of carbonyl (C=O) groups excluding carboxylic acids is 1. The van der Waals surface area contributed by atoms with Crippen molar-refractivity contribution in [2.24, 2.45) is 11.8 Å². The molecule has 1 saturated heterocycles. The number of amides is 1. The third-order valence-electron chi connectivity index (χ3n) is 4.69. The first-order chi connectivity index (χ1) is 11.5. The molecule has 2 rings (SSSR count). The smallest absolute Gasteiger partial charge is 0.234 e. The van der Waals surface area contributed by atoms with Gasteiger partial charge in [0.05, 0.1) is 12.6 Å². The summed E-state index contributed by atoms with van der Waals surface area (Å²) in [4.78, 5) is 23.4. The third-order valence-corrected chi connectivity index (χ3v) is 4.69. The van der Waals surface area contributed by atoms with E-state index >= 15 is 0 Å². The van der Waals surface area contributed by atoms with Crippen molar-refractivity contribution < 1.29 is 4.79 Å². The Morgan fingerprint density at radius 1 is 1.42 bits per heavy atom. The van der Waals surface area contributed by atoms with Gasteiger partial charge in [0.25, 0.3) is 0 Å². The van der Waals surface area contributed by atoms with Crippen LogP contribution in [0.5, 0.6) is 0 Å². The summed E-state index contributed by atoms with van der Waals surface area (Å²) in [6, 6.07) is 0.163. The number of rotatable bonds is 7. The van der Waals surface area contributed by atoms with Gasteiger partial charge in [0.2, 0.25) is 5.91 Å². The Morgan fingerprint density at radius 2 is 2.17 bits per heavy atom. The van der Waals surface area contributed by atoms with Gasteiger partial charge in [-0.25, -0.2) is 9.97 Å². The maximum Gasteiger partial charge on any atom is 0.234 e. The molecule has 0 radical (unpaired) electrons. The molecule has 134 valence electrons. The maximum absolute atomic E-state index is 12.0. The molecule has 0 saturated carbocycles. The fraction of sp³-hybridized carbons (Fsp3) is 0.722. The van der Waals surface area contributed by atoms with Crippen LogP contribution >= 0.6 is 0 Å². The van der Waals surface area contributed by atoms with Crippen LogP contribution in [0.15, 0.2) is 6.20 Å². The van der Waals surface area contributed by atoms with Crippen LogP contribution in [0.4, 0.5) is 5.82 Å². The minimum absolute atomic E-state index is 0.0580. The van der Waals surface area contributed by atoms with Crippen LogP contribution < -0.4 is 15.5 Å². The fourth-order valence-electron chi connectivity index (χ4n) is 3.45. The average molecular weight is 333 g/mol. The molecule has 0 aromatic carbocycles. The van der Waals surface area contributed by atoms with Crippen LogP contribution in [0, 0.1) is 18.8 Å². The van der Waals surface area contributed by atoms with Crippen molar-refractivity contribution in [2.75, 3.05) is 31.6 Å². The highest BCUT2D eigenvalue weighted by atomic mass is 16.2. The van der Waals surface area contributed by atoms with Gasteiger partial charge in [-0.3, -0.25) is 4.79 Å². The average Bonchev–Trinajstić information content (AvgIpc) is 2.93. The zero-order valence-corrected chi connectivity index (χ0v) is 15.6. The van der Waals surface area contributed by atoms with Gasteiger partial charge >= 0.3 is 0 Å². The van der Waals surface area contributed by atoms with E-state index in [1.165, 1.54) is 5.56 Å². The fourth-order valence-corrected chi connectivity index (χ4v) is 3.45. The highest BCUT2D eigenvalue weighted by molar-refractivity contribution is 5.78. The molecule has 2 heterocycles. The lowest BCUT2D eigenvalue weighted by atomic mass is 9.91. The summed E-state index contributed by atoms with van der Waals surface area (Å²) in [5.74, 6) is 2.83. The van der Waals surface area contributed by atoms with Crippen LogP contribution in [-0.4, -0.2) is 48.6 Å². The summed E-state index contributed by atoms with van der Waals surface area (Å²) in [7, 11) is 1.79. The van der Waals surface area contributed by atoms with E-state index in [9.17, 15) is 4.79 Å². The van der Waals surface area contributed by atoms with Crippen LogP contribution in [0.1, 0.15) is 38.6 Å². The molecule has 1 aliphatic rings. The van der Waals surface area contributed by atoms with E-state index in [1.807, 2.05) is 13.1 Å². The molecule has 1 fully saturated rings. The SMILES string of the molecule is CCCc1cnc(C)nc1N1C[C@H](NC(=O)CNC)[C@@H](C(C)C)C1. The molecule has 2 atom stereocenters. The Hall–Kier alpha value is -1.69. The molecular formula is C18H31N5O. The van der Waals surface area contributed by atoms with Crippen molar-refractivity contribution in [1.82, 2.24) is 20.6 Å². The number of hydrogen-bond acceptors (Lipinski definition) is 5. The molecule has 6 nitrogen and oxygen atoms in total. The monoisotopic (exact) mass is 333 g/mol. The van der Waals surface area contributed by atoms with Gasteiger partial charge in [0, 0.05) is 30.8 Å². The second kappa shape index (κ2) is 8.42. The standard InChI is InChI=1S/C18H31N5O/c1-6-7-14-8-20-13(4)21-18(14)23-10-15(12(2)3)16(11-23)22-17(24)9-19-5/h8,12,15-16,19H,6-7,9-11H2,1-5H3,(H,22,24)/t15-,16+/m1/s1. The van der Waals surface area contributed by atoms with E-state index in [0.717, 1.165) is 37.6 Å². The van der Waals surface area contributed by atoms with Crippen LogP contribution in [0.25, 0.3) is 0 Å². The molecule has 1 aromatic heterocycles. The summed E-state index contributed by atoms with van der Waals surface area (Å²) in [5.41, 5.74) is 1.20. The zero-order chi connectivity index (χ0) is 17.7. The molecule has 6 heteroatoms. The molecule has 0 bridgehead atoms. The van der Waals surface area contributed by atoms with E-state index < -0.39 is 0 Å². The van der Waals surface area contributed by atoms with Gasteiger partial charge < -0.3 is 15.5 Å². The van der Waals surface area contributed by atoms with Crippen molar-refractivity contribution in [3.63, 3.8) is 0 Å². The number of aryl methyl sites for hydroxylation is 2. The van der Waals surface area contributed by atoms with E-state index in [1.54, 1.807) is 7.05 Å². The predicted octanol–water partition coefficient (Wildman–Crippen LogP) is 1.53. The van der Waals surface area contributed by atoms with Crippen LogP contribution in [0.2, 0.25) is 0 Å². The summed E-state index contributed by atoms with van der Waals surface area (Å²) < 4.78 is 0. The van der Waals surface area contributed by atoms with Crippen molar-refractivity contribution >= 4 is 11.7 Å². The van der Waals surface area contributed by atoms with Crippen molar-refractivity contribution in [2.45, 2.75) is 46.6 Å². The zero-order valence-electron chi connectivity index (χ0n) is 15.6. The molecule has 1 aromatic rings. The largest absolute Gasteiger partial charge is 0.354 e. The van der Waals surface area contributed by atoms with Gasteiger partial charge in [-0.05, 0) is 26.3 Å². The molecule has 1 amide bonds. The lowest BCUT2D eigenvalue weighted by Gasteiger charge is -2.22. The van der Waals surface area contributed by atoms with Gasteiger partial charge in [0.15, 0.2) is 0 Å². The first kappa shape index (κ1) is 18.6. The Kier molecular flexibility index (Phi) is 6.54. The molecule has 2 N–H and O–H groups in total.